The Balaban J connectivity index is 1.28. The molecule has 1 aromatic carbocycles. The summed E-state index contributed by atoms with van der Waals surface area (Å²) in [5, 5.41) is 0. The van der Waals surface area contributed by atoms with Crippen molar-refractivity contribution in [3.05, 3.63) is 23.3 Å². The Kier molecular flexibility index (Phi) is 4.84. The third kappa shape index (κ3) is 2.95. The molecule has 6 nitrogen and oxygen atoms in total. The van der Waals surface area contributed by atoms with E-state index in [0.717, 1.165) is 50.3 Å². The highest BCUT2D eigenvalue weighted by atomic mass is 16.7. The van der Waals surface area contributed by atoms with Crippen LogP contribution in [0.25, 0.3) is 0 Å². The normalized spacial score (nSPS) is 43.6. The van der Waals surface area contributed by atoms with Crippen LogP contribution in [0.3, 0.4) is 0 Å². The summed E-state index contributed by atoms with van der Waals surface area (Å²) in [7, 11) is 3.37. The van der Waals surface area contributed by atoms with Crippen LogP contribution in [0.5, 0.6) is 11.5 Å². The van der Waals surface area contributed by atoms with Crippen molar-refractivity contribution in [3.8, 4) is 11.5 Å². The molecule has 2 saturated heterocycles. The molecule has 2 aliphatic carbocycles. The number of hydrogen-bond donors (Lipinski definition) is 0. The van der Waals surface area contributed by atoms with E-state index in [1.54, 1.807) is 14.2 Å². The Bertz CT molecular complexity index is 980. The number of carbonyl (C=O) groups is 1. The van der Waals surface area contributed by atoms with Crippen molar-refractivity contribution in [2.45, 2.75) is 76.2 Å². The van der Waals surface area contributed by atoms with Gasteiger partial charge in [-0.25, -0.2) is 0 Å². The largest absolute Gasteiger partial charge is 0.493 e. The van der Waals surface area contributed by atoms with Crippen molar-refractivity contribution in [3.63, 3.8) is 0 Å². The Morgan fingerprint density at radius 1 is 1.09 bits per heavy atom. The quantitative estimate of drug-likeness (QED) is 0.502. The molecule has 8 atom stereocenters. The molecule has 2 saturated carbocycles. The molecule has 1 spiro atoms. The minimum absolute atomic E-state index is 0.00385. The van der Waals surface area contributed by atoms with Crippen molar-refractivity contribution in [2.24, 2.45) is 23.7 Å². The average molecular weight is 456 g/mol. The maximum atomic E-state index is 13.4. The minimum atomic E-state index is -0.403. The first-order chi connectivity index (χ1) is 15.8. The number of nitrogens with zero attached hydrogens (tertiary/aromatic N) is 1. The van der Waals surface area contributed by atoms with Gasteiger partial charge in [0, 0.05) is 31.0 Å². The predicted octanol–water partition coefficient (Wildman–Crippen LogP) is 4.15. The van der Waals surface area contributed by atoms with E-state index < -0.39 is 5.60 Å². The molecule has 1 aromatic rings. The lowest BCUT2D eigenvalue weighted by Crippen LogP contribution is -2.58. The Labute approximate surface area is 196 Å². The van der Waals surface area contributed by atoms with E-state index in [2.05, 4.69) is 37.8 Å². The molecule has 0 radical (unpaired) electrons. The first-order valence-corrected chi connectivity index (χ1v) is 12.7. The second kappa shape index (κ2) is 7.35. The van der Waals surface area contributed by atoms with Crippen LogP contribution in [0.2, 0.25) is 0 Å². The van der Waals surface area contributed by atoms with Crippen LogP contribution in [0.4, 0.5) is 0 Å². The van der Waals surface area contributed by atoms with Crippen molar-refractivity contribution >= 4 is 5.97 Å². The maximum Gasteiger partial charge on any atom is 0.311 e. The highest BCUT2D eigenvalue weighted by Gasteiger charge is 2.77. The van der Waals surface area contributed by atoms with Gasteiger partial charge in [0.1, 0.15) is 11.7 Å². The Hall–Kier alpha value is -1.79. The van der Waals surface area contributed by atoms with E-state index in [4.69, 9.17) is 18.9 Å². The molecule has 3 heterocycles. The van der Waals surface area contributed by atoms with Gasteiger partial charge in [-0.2, -0.15) is 0 Å². The van der Waals surface area contributed by atoms with Crippen LogP contribution >= 0.6 is 0 Å². The highest BCUT2D eigenvalue weighted by Crippen LogP contribution is 2.66. The summed E-state index contributed by atoms with van der Waals surface area (Å²) in [5.41, 5.74) is 2.09. The summed E-state index contributed by atoms with van der Waals surface area (Å²) in [4.78, 5) is 15.9. The van der Waals surface area contributed by atoms with Crippen LogP contribution < -0.4 is 9.47 Å². The molecule has 0 bridgehead atoms. The number of esters is 1. The third-order valence-electron chi connectivity index (χ3n) is 9.83. The third-order valence-corrected chi connectivity index (χ3v) is 9.83. The minimum Gasteiger partial charge on any atom is -0.493 e. The SMILES string of the molecule is COc1cc2c(cc1OC)[C@H](C)N(C[C@H]1C(=O)O[C@]34[C@@H]1CC[C@H](C)[C@@H]3CC[C@]1(C)O[C@@H]41)CC2. The van der Waals surface area contributed by atoms with Gasteiger partial charge >= 0.3 is 5.97 Å². The zero-order valence-corrected chi connectivity index (χ0v) is 20.6. The van der Waals surface area contributed by atoms with Crippen LogP contribution in [-0.2, 0) is 20.7 Å². The van der Waals surface area contributed by atoms with Gasteiger partial charge in [0.15, 0.2) is 11.5 Å². The van der Waals surface area contributed by atoms with Crippen LogP contribution in [0.1, 0.15) is 63.6 Å². The maximum absolute atomic E-state index is 13.4. The number of methoxy groups -OCH3 is 2. The first-order valence-electron chi connectivity index (χ1n) is 12.7. The lowest BCUT2D eigenvalue weighted by Gasteiger charge is -2.50. The second-order valence-corrected chi connectivity index (χ2v) is 11.3. The number of ether oxygens (including phenoxy) is 4. The molecule has 6 rings (SSSR count). The molecular formula is C27H37NO5. The molecule has 5 aliphatic rings. The van der Waals surface area contributed by atoms with Crippen molar-refractivity contribution in [1.82, 2.24) is 4.90 Å². The van der Waals surface area contributed by atoms with E-state index in [1.165, 1.54) is 17.5 Å². The van der Waals surface area contributed by atoms with E-state index in [0.29, 0.717) is 11.8 Å². The van der Waals surface area contributed by atoms with Gasteiger partial charge in [0.2, 0.25) is 0 Å². The van der Waals surface area contributed by atoms with E-state index in [9.17, 15) is 4.79 Å². The van der Waals surface area contributed by atoms with E-state index >= 15 is 0 Å². The number of benzene rings is 1. The highest BCUT2D eigenvalue weighted by molar-refractivity contribution is 5.77. The topological polar surface area (TPSA) is 60.5 Å². The summed E-state index contributed by atoms with van der Waals surface area (Å²) >= 11 is 0. The van der Waals surface area contributed by atoms with Crippen molar-refractivity contribution in [1.29, 1.82) is 0 Å². The lowest BCUT2D eigenvalue weighted by atomic mass is 9.55. The predicted molar refractivity (Wildman–Crippen MR) is 123 cm³/mol. The summed E-state index contributed by atoms with van der Waals surface area (Å²) in [6.07, 6.45) is 5.48. The Morgan fingerprint density at radius 2 is 1.85 bits per heavy atom. The molecule has 180 valence electrons. The fourth-order valence-electron chi connectivity index (χ4n) is 7.96. The molecular weight excluding hydrogens is 418 g/mol. The molecule has 33 heavy (non-hydrogen) atoms. The zero-order chi connectivity index (χ0) is 23.1. The number of carbonyl (C=O) groups excluding carboxylic acids is 1. The van der Waals surface area contributed by atoms with Gasteiger partial charge in [-0.05, 0) is 75.1 Å². The number of hydrogen-bond acceptors (Lipinski definition) is 6. The van der Waals surface area contributed by atoms with E-state index in [-0.39, 0.29) is 35.6 Å². The standard InChI is InChI=1S/C27H37NO5/c1-15-6-7-21-19(24(29)32-27(21)20(15)8-10-26(3)25(27)33-26)14-28-11-9-17-12-22(30-4)23(31-5)13-18(17)16(28)2/h12-13,15-16,19-21,25H,6-11,14H2,1-5H3/t15-,16-,19+,20-,21+,25+,26-,27-/m0/s1. The molecule has 0 amide bonds. The summed E-state index contributed by atoms with van der Waals surface area (Å²) < 4.78 is 23.8. The van der Waals surface area contributed by atoms with Crippen molar-refractivity contribution < 1.29 is 23.7 Å². The van der Waals surface area contributed by atoms with Gasteiger partial charge in [-0.15, -0.1) is 0 Å². The van der Waals surface area contributed by atoms with E-state index in [1.807, 2.05) is 0 Å². The van der Waals surface area contributed by atoms with Crippen molar-refractivity contribution in [2.75, 3.05) is 27.3 Å². The summed E-state index contributed by atoms with van der Waals surface area (Å²) in [6.45, 7) is 8.49. The first kappa shape index (κ1) is 21.7. The molecule has 0 unspecified atom stereocenters. The summed E-state index contributed by atoms with van der Waals surface area (Å²) in [5.74, 6) is 2.76. The number of epoxide rings is 1. The smallest absolute Gasteiger partial charge is 0.311 e. The lowest BCUT2D eigenvalue weighted by molar-refractivity contribution is -0.168. The van der Waals surface area contributed by atoms with Crippen LogP contribution in [0, 0.1) is 23.7 Å². The zero-order valence-electron chi connectivity index (χ0n) is 20.6. The monoisotopic (exact) mass is 455 g/mol. The van der Waals surface area contributed by atoms with Gasteiger partial charge in [0.25, 0.3) is 0 Å². The number of fused-ring (bicyclic) bond motifs is 2. The second-order valence-electron chi connectivity index (χ2n) is 11.3. The van der Waals surface area contributed by atoms with Crippen LogP contribution in [-0.4, -0.2) is 55.5 Å². The fourth-order valence-corrected chi connectivity index (χ4v) is 7.96. The molecule has 0 aromatic heterocycles. The molecule has 0 N–H and O–H groups in total. The van der Waals surface area contributed by atoms with Gasteiger partial charge in [-0.3, -0.25) is 9.69 Å². The fraction of sp³-hybridized carbons (Fsp3) is 0.741. The molecule has 6 heteroatoms. The average Bonchev–Trinajstić information content (AvgIpc) is 3.43. The number of rotatable bonds is 4. The molecule has 3 aliphatic heterocycles. The summed E-state index contributed by atoms with van der Waals surface area (Å²) in [6, 6.07) is 4.44. The Morgan fingerprint density at radius 3 is 2.61 bits per heavy atom. The van der Waals surface area contributed by atoms with Crippen LogP contribution in [0.15, 0.2) is 12.1 Å². The van der Waals surface area contributed by atoms with Gasteiger partial charge in [0.05, 0.1) is 25.7 Å². The molecule has 4 fully saturated rings. The van der Waals surface area contributed by atoms with Gasteiger partial charge in [-0.1, -0.05) is 6.92 Å². The van der Waals surface area contributed by atoms with Gasteiger partial charge < -0.3 is 18.9 Å².